The number of rotatable bonds is 8. The van der Waals surface area contributed by atoms with Crippen LogP contribution in [0.3, 0.4) is 0 Å². The van der Waals surface area contributed by atoms with Crippen LogP contribution < -0.4 is 15.6 Å². The van der Waals surface area contributed by atoms with Gasteiger partial charge in [-0.1, -0.05) is 12.1 Å². The predicted molar refractivity (Wildman–Crippen MR) is 84.9 cm³/mol. The smallest absolute Gasteiger partial charge is 0.347 e. The highest BCUT2D eigenvalue weighted by atomic mass is 16.6. The Morgan fingerprint density at radius 3 is 2.17 bits per heavy atom. The molecule has 0 bridgehead atoms. The van der Waals surface area contributed by atoms with Crippen molar-refractivity contribution in [3.05, 3.63) is 41.6 Å². The summed E-state index contributed by atoms with van der Waals surface area (Å²) in [5, 5.41) is 0. The molecule has 1 aromatic carbocycles. The Morgan fingerprint density at radius 1 is 1.04 bits per heavy atom. The van der Waals surface area contributed by atoms with Crippen LogP contribution in [0.1, 0.15) is 24.2 Å². The van der Waals surface area contributed by atoms with Crippen molar-refractivity contribution in [1.29, 1.82) is 0 Å². The lowest BCUT2D eigenvalue weighted by atomic mass is 10.2. The van der Waals surface area contributed by atoms with Crippen molar-refractivity contribution in [1.82, 2.24) is 10.9 Å². The van der Waals surface area contributed by atoms with Crippen molar-refractivity contribution in [2.24, 2.45) is 0 Å². The highest BCUT2D eigenvalue weighted by molar-refractivity contribution is 6.14. The molecule has 24 heavy (non-hydrogen) atoms. The van der Waals surface area contributed by atoms with Gasteiger partial charge in [0.2, 0.25) is 0 Å². The van der Waals surface area contributed by atoms with Gasteiger partial charge in [0.05, 0.1) is 25.9 Å². The van der Waals surface area contributed by atoms with E-state index < -0.39 is 17.8 Å². The number of nitrogens with one attached hydrogen (secondary N) is 2. The van der Waals surface area contributed by atoms with Gasteiger partial charge in [-0.15, -0.1) is 0 Å². The van der Waals surface area contributed by atoms with Gasteiger partial charge in [-0.05, 0) is 26.0 Å². The van der Waals surface area contributed by atoms with Gasteiger partial charge in [0.1, 0.15) is 5.75 Å². The number of amides is 1. The Morgan fingerprint density at radius 2 is 1.62 bits per heavy atom. The van der Waals surface area contributed by atoms with Crippen LogP contribution in [0.4, 0.5) is 0 Å². The summed E-state index contributed by atoms with van der Waals surface area (Å²) < 4.78 is 14.6. The first-order valence-electron chi connectivity index (χ1n) is 7.28. The van der Waals surface area contributed by atoms with Gasteiger partial charge in [0, 0.05) is 6.20 Å². The zero-order chi connectivity index (χ0) is 17.9. The van der Waals surface area contributed by atoms with Crippen LogP contribution in [0.5, 0.6) is 5.75 Å². The van der Waals surface area contributed by atoms with E-state index in [-0.39, 0.29) is 24.4 Å². The van der Waals surface area contributed by atoms with Crippen LogP contribution >= 0.6 is 0 Å². The van der Waals surface area contributed by atoms with Crippen molar-refractivity contribution in [3.8, 4) is 5.75 Å². The van der Waals surface area contributed by atoms with Crippen molar-refractivity contribution in [3.63, 3.8) is 0 Å². The second-order valence-corrected chi connectivity index (χ2v) is 4.30. The Balaban J connectivity index is 2.80. The molecule has 0 saturated carbocycles. The van der Waals surface area contributed by atoms with Gasteiger partial charge in [0.25, 0.3) is 5.91 Å². The molecule has 0 radical (unpaired) electrons. The van der Waals surface area contributed by atoms with E-state index in [9.17, 15) is 14.4 Å². The Kier molecular flexibility index (Phi) is 7.83. The first-order valence-corrected chi connectivity index (χ1v) is 7.28. The molecule has 1 rings (SSSR count). The van der Waals surface area contributed by atoms with E-state index >= 15 is 0 Å². The molecule has 1 amide bonds. The zero-order valence-corrected chi connectivity index (χ0v) is 13.8. The molecule has 130 valence electrons. The molecule has 8 heteroatoms. The molecule has 0 aliphatic heterocycles. The molecule has 0 heterocycles. The molecule has 0 aliphatic rings. The van der Waals surface area contributed by atoms with Crippen LogP contribution in [0, 0.1) is 0 Å². The normalized spacial score (nSPS) is 9.46. The molecular formula is C16H20N2O6. The molecule has 0 spiro atoms. The summed E-state index contributed by atoms with van der Waals surface area (Å²) in [6.45, 7) is 3.42. The van der Waals surface area contributed by atoms with E-state index in [2.05, 4.69) is 10.9 Å². The van der Waals surface area contributed by atoms with E-state index in [1.807, 2.05) is 0 Å². The molecule has 1 aromatic rings. The fourth-order valence-electron chi connectivity index (χ4n) is 1.69. The average Bonchev–Trinajstić information content (AvgIpc) is 2.58. The lowest BCUT2D eigenvalue weighted by molar-refractivity contribution is -0.146. The lowest BCUT2D eigenvalue weighted by Crippen LogP contribution is -2.35. The monoisotopic (exact) mass is 336 g/mol. The number of hydrazine groups is 1. The number of para-hydroxylation sites is 1. The molecule has 0 saturated heterocycles. The van der Waals surface area contributed by atoms with Gasteiger partial charge in [-0.2, -0.15) is 0 Å². The topological polar surface area (TPSA) is 103 Å². The minimum absolute atomic E-state index is 0.100. The standard InChI is InChI=1S/C16H20N2O6/c1-4-23-15(20)12(16(21)24-5-2)10-17-18-14(19)11-8-6-7-9-13(11)22-3/h6-10,17H,4-5H2,1-3H3,(H,18,19). The number of hydrogen-bond donors (Lipinski definition) is 2. The first-order chi connectivity index (χ1) is 11.5. The molecule has 0 unspecified atom stereocenters. The van der Waals surface area contributed by atoms with E-state index in [4.69, 9.17) is 14.2 Å². The van der Waals surface area contributed by atoms with Crippen LogP contribution in [-0.2, 0) is 19.1 Å². The van der Waals surface area contributed by atoms with Crippen LogP contribution in [0.2, 0.25) is 0 Å². The molecule has 0 aromatic heterocycles. The summed E-state index contributed by atoms with van der Waals surface area (Å²) in [4.78, 5) is 35.6. The van der Waals surface area contributed by atoms with E-state index in [1.165, 1.54) is 7.11 Å². The SMILES string of the molecule is CCOC(=O)C(=CNNC(=O)c1ccccc1OC)C(=O)OCC. The van der Waals surface area contributed by atoms with Crippen LogP contribution in [0.25, 0.3) is 0 Å². The maximum atomic E-state index is 12.1. The van der Waals surface area contributed by atoms with Gasteiger partial charge in [0.15, 0.2) is 5.57 Å². The molecule has 0 aliphatic carbocycles. The number of esters is 2. The highest BCUT2D eigenvalue weighted by Gasteiger charge is 2.21. The number of benzene rings is 1. The maximum absolute atomic E-state index is 12.1. The summed E-state index contributed by atoms with van der Waals surface area (Å²) in [6, 6.07) is 6.60. The number of ether oxygens (including phenoxy) is 3. The fourth-order valence-corrected chi connectivity index (χ4v) is 1.69. The predicted octanol–water partition coefficient (Wildman–Crippen LogP) is 0.940. The highest BCUT2D eigenvalue weighted by Crippen LogP contribution is 2.16. The summed E-state index contributed by atoms with van der Waals surface area (Å²) in [6.07, 6.45) is 1.02. The van der Waals surface area contributed by atoms with Gasteiger partial charge in [-0.25, -0.2) is 9.59 Å². The summed E-state index contributed by atoms with van der Waals surface area (Å²) in [7, 11) is 1.44. The Bertz CT molecular complexity index is 607. The fraction of sp³-hybridized carbons (Fsp3) is 0.312. The van der Waals surface area contributed by atoms with Crippen molar-refractivity contribution in [2.45, 2.75) is 13.8 Å². The number of methoxy groups -OCH3 is 1. The average molecular weight is 336 g/mol. The number of carbonyl (C=O) groups excluding carboxylic acids is 3. The third kappa shape index (κ3) is 5.31. The van der Waals surface area contributed by atoms with E-state index in [0.29, 0.717) is 5.75 Å². The van der Waals surface area contributed by atoms with E-state index in [1.54, 1.807) is 38.1 Å². The summed E-state index contributed by atoms with van der Waals surface area (Å²) in [5.74, 6) is -1.82. The third-order valence-electron chi connectivity index (χ3n) is 2.74. The molecule has 0 atom stereocenters. The van der Waals surface area contributed by atoms with Crippen molar-refractivity contribution < 1.29 is 28.6 Å². The van der Waals surface area contributed by atoms with Crippen LogP contribution in [-0.4, -0.2) is 38.2 Å². The Labute approximate surface area is 139 Å². The van der Waals surface area contributed by atoms with Gasteiger partial charge < -0.3 is 19.6 Å². The van der Waals surface area contributed by atoms with Crippen molar-refractivity contribution >= 4 is 17.8 Å². The molecule has 2 N–H and O–H groups in total. The minimum atomic E-state index is -0.852. The number of hydrogen-bond acceptors (Lipinski definition) is 7. The number of carbonyl (C=O) groups is 3. The van der Waals surface area contributed by atoms with Gasteiger partial charge in [-0.3, -0.25) is 10.2 Å². The zero-order valence-electron chi connectivity index (χ0n) is 13.8. The molecular weight excluding hydrogens is 316 g/mol. The summed E-state index contributed by atoms with van der Waals surface area (Å²) in [5.41, 5.74) is 4.66. The second kappa shape index (κ2) is 9.88. The van der Waals surface area contributed by atoms with Crippen molar-refractivity contribution in [2.75, 3.05) is 20.3 Å². The van der Waals surface area contributed by atoms with E-state index in [0.717, 1.165) is 6.20 Å². The molecule has 8 nitrogen and oxygen atoms in total. The lowest BCUT2D eigenvalue weighted by Gasteiger charge is -2.10. The Hall–Kier alpha value is -3.03. The second-order valence-electron chi connectivity index (χ2n) is 4.30. The maximum Gasteiger partial charge on any atom is 0.347 e. The quantitative estimate of drug-likeness (QED) is 0.239. The van der Waals surface area contributed by atoms with Crippen LogP contribution in [0.15, 0.2) is 36.0 Å². The minimum Gasteiger partial charge on any atom is -0.496 e. The third-order valence-corrected chi connectivity index (χ3v) is 2.74. The molecule has 0 fully saturated rings. The largest absolute Gasteiger partial charge is 0.496 e. The van der Waals surface area contributed by atoms with Gasteiger partial charge >= 0.3 is 11.9 Å². The first kappa shape index (κ1) is 19.0. The summed E-state index contributed by atoms with van der Waals surface area (Å²) >= 11 is 0.